The fourth-order valence-corrected chi connectivity index (χ4v) is 1.56. The van der Waals surface area contributed by atoms with Crippen LogP contribution < -0.4 is 5.73 Å². The highest BCUT2D eigenvalue weighted by molar-refractivity contribution is 7.10. The molecule has 0 spiro atoms. The Morgan fingerprint density at radius 2 is 2.08 bits per heavy atom. The molecule has 1 atom stereocenters. The molecular weight excluding hydrogens is 187 g/mol. The monoisotopic (exact) mass is 195 g/mol. The predicted octanol–water partition coefficient (Wildman–Crippen LogP) is 2.62. The average Bonchev–Trinajstić information content (AvgIpc) is 2.32. The number of rotatable bonds is 1. The fourth-order valence-electron chi connectivity index (χ4n) is 0.816. The van der Waals surface area contributed by atoms with Gasteiger partial charge in [-0.1, -0.05) is 0 Å². The van der Waals surface area contributed by atoms with Gasteiger partial charge in [-0.25, -0.2) is 0 Å². The van der Waals surface area contributed by atoms with E-state index in [1.165, 1.54) is 22.8 Å². The van der Waals surface area contributed by atoms with Crippen LogP contribution in [0.15, 0.2) is 11.4 Å². The summed E-state index contributed by atoms with van der Waals surface area (Å²) in [5, 5.41) is 1.44. The van der Waals surface area contributed by atoms with Crippen molar-refractivity contribution in [2.75, 3.05) is 0 Å². The minimum absolute atomic E-state index is 0.144. The highest BCUT2D eigenvalue weighted by Crippen LogP contribution is 2.32. The standard InChI is InChI=1S/C7H8F3NS/c1-4-2-5(3-12-4)6(11)7(8,9)10/h2-3,6H,11H2,1H3. The number of thiophene rings is 1. The van der Waals surface area contributed by atoms with E-state index in [0.29, 0.717) is 0 Å². The first kappa shape index (κ1) is 9.54. The van der Waals surface area contributed by atoms with E-state index in [1.54, 1.807) is 6.92 Å². The molecule has 0 aliphatic rings. The molecule has 0 bridgehead atoms. The van der Waals surface area contributed by atoms with E-state index in [9.17, 15) is 13.2 Å². The number of nitrogens with two attached hydrogens (primary N) is 1. The largest absolute Gasteiger partial charge is 0.407 e. The molecule has 1 rings (SSSR count). The van der Waals surface area contributed by atoms with E-state index in [0.717, 1.165) is 4.88 Å². The maximum atomic E-state index is 12.0. The van der Waals surface area contributed by atoms with Crippen LogP contribution in [0.1, 0.15) is 16.5 Å². The first-order valence-electron chi connectivity index (χ1n) is 3.28. The van der Waals surface area contributed by atoms with Gasteiger partial charge in [0.25, 0.3) is 0 Å². The number of hydrogen-bond acceptors (Lipinski definition) is 2. The van der Waals surface area contributed by atoms with E-state index in [-0.39, 0.29) is 5.56 Å². The van der Waals surface area contributed by atoms with Gasteiger partial charge in [0.15, 0.2) is 0 Å². The molecule has 1 aromatic heterocycles. The van der Waals surface area contributed by atoms with Crippen LogP contribution in [0, 0.1) is 6.92 Å². The van der Waals surface area contributed by atoms with E-state index >= 15 is 0 Å². The Morgan fingerprint density at radius 3 is 2.42 bits per heavy atom. The van der Waals surface area contributed by atoms with Crippen LogP contribution in [-0.4, -0.2) is 6.18 Å². The molecule has 1 nitrogen and oxygen atoms in total. The Morgan fingerprint density at radius 1 is 1.50 bits per heavy atom. The second-order valence-corrected chi connectivity index (χ2v) is 3.63. The van der Waals surface area contributed by atoms with Gasteiger partial charge in [0.05, 0.1) is 0 Å². The normalized spacial score (nSPS) is 14.8. The van der Waals surface area contributed by atoms with Crippen LogP contribution in [0.4, 0.5) is 13.2 Å². The molecule has 5 heteroatoms. The number of hydrogen-bond donors (Lipinski definition) is 1. The fraction of sp³-hybridized carbons (Fsp3) is 0.429. The van der Waals surface area contributed by atoms with Crippen molar-refractivity contribution in [2.45, 2.75) is 19.1 Å². The maximum absolute atomic E-state index is 12.0. The van der Waals surface area contributed by atoms with Gasteiger partial charge in [0.2, 0.25) is 0 Å². The number of halogens is 3. The molecule has 1 heterocycles. The topological polar surface area (TPSA) is 26.0 Å². The lowest BCUT2D eigenvalue weighted by Crippen LogP contribution is -2.27. The SMILES string of the molecule is Cc1cc(C(N)C(F)(F)F)cs1. The molecule has 0 aliphatic heterocycles. The Balaban J connectivity index is 2.85. The van der Waals surface area contributed by atoms with Crippen molar-refractivity contribution in [1.82, 2.24) is 0 Å². The molecule has 0 fully saturated rings. The van der Waals surface area contributed by atoms with Gasteiger partial charge in [-0.3, -0.25) is 0 Å². The summed E-state index contributed by atoms with van der Waals surface area (Å²) in [4.78, 5) is 0.838. The smallest absolute Gasteiger partial charge is 0.316 e. The molecular formula is C7H8F3NS. The van der Waals surface area contributed by atoms with Gasteiger partial charge in [0, 0.05) is 4.88 Å². The average molecular weight is 195 g/mol. The summed E-state index contributed by atoms with van der Waals surface area (Å²) in [5.74, 6) is 0. The minimum Gasteiger partial charge on any atom is -0.316 e. The number of aryl methyl sites for hydroxylation is 1. The summed E-state index contributed by atoms with van der Waals surface area (Å²) in [5.41, 5.74) is 5.11. The molecule has 68 valence electrons. The Hall–Kier alpha value is -0.550. The van der Waals surface area contributed by atoms with Crippen LogP contribution in [-0.2, 0) is 0 Å². The first-order chi connectivity index (χ1) is 5.41. The van der Waals surface area contributed by atoms with Crippen molar-refractivity contribution in [3.8, 4) is 0 Å². The molecule has 1 unspecified atom stereocenters. The van der Waals surface area contributed by atoms with Crippen LogP contribution in [0.3, 0.4) is 0 Å². The zero-order valence-electron chi connectivity index (χ0n) is 6.35. The third kappa shape index (κ3) is 1.98. The van der Waals surface area contributed by atoms with Gasteiger partial charge >= 0.3 is 6.18 Å². The van der Waals surface area contributed by atoms with Gasteiger partial charge in [-0.2, -0.15) is 13.2 Å². The van der Waals surface area contributed by atoms with Crippen molar-refractivity contribution < 1.29 is 13.2 Å². The lowest BCUT2D eigenvalue weighted by Gasteiger charge is -2.13. The Labute approximate surface area is 72.0 Å². The summed E-state index contributed by atoms with van der Waals surface area (Å²) >= 11 is 1.27. The first-order valence-corrected chi connectivity index (χ1v) is 4.16. The summed E-state index contributed by atoms with van der Waals surface area (Å²) in [7, 11) is 0. The summed E-state index contributed by atoms with van der Waals surface area (Å²) < 4.78 is 36.1. The highest BCUT2D eigenvalue weighted by Gasteiger charge is 2.38. The van der Waals surface area contributed by atoms with Crippen molar-refractivity contribution in [1.29, 1.82) is 0 Å². The van der Waals surface area contributed by atoms with Crippen molar-refractivity contribution >= 4 is 11.3 Å². The third-order valence-electron chi connectivity index (χ3n) is 1.46. The van der Waals surface area contributed by atoms with Crippen LogP contribution >= 0.6 is 11.3 Å². The summed E-state index contributed by atoms with van der Waals surface area (Å²) in [6.07, 6.45) is -4.34. The van der Waals surface area contributed by atoms with E-state index in [1.807, 2.05) is 0 Å². The zero-order valence-corrected chi connectivity index (χ0v) is 7.17. The van der Waals surface area contributed by atoms with Gasteiger partial charge in [0.1, 0.15) is 6.04 Å². The summed E-state index contributed by atoms with van der Waals surface area (Å²) in [6, 6.07) is -0.384. The van der Waals surface area contributed by atoms with E-state index < -0.39 is 12.2 Å². The molecule has 0 aromatic carbocycles. The predicted molar refractivity (Wildman–Crippen MR) is 42.0 cm³/mol. The Bertz CT molecular complexity index is 266. The van der Waals surface area contributed by atoms with E-state index in [2.05, 4.69) is 0 Å². The van der Waals surface area contributed by atoms with Gasteiger partial charge in [-0.15, -0.1) is 11.3 Å². The van der Waals surface area contributed by atoms with Crippen molar-refractivity contribution in [3.05, 3.63) is 21.9 Å². The Kier molecular flexibility index (Phi) is 2.44. The highest BCUT2D eigenvalue weighted by atomic mass is 32.1. The molecule has 0 saturated carbocycles. The number of alkyl halides is 3. The molecule has 1 aromatic rings. The third-order valence-corrected chi connectivity index (χ3v) is 2.34. The van der Waals surface area contributed by atoms with Gasteiger partial charge in [-0.05, 0) is 23.9 Å². The zero-order chi connectivity index (χ0) is 9.35. The maximum Gasteiger partial charge on any atom is 0.407 e. The second-order valence-electron chi connectivity index (χ2n) is 2.51. The molecule has 12 heavy (non-hydrogen) atoms. The molecule has 0 aliphatic carbocycles. The van der Waals surface area contributed by atoms with Crippen LogP contribution in [0.25, 0.3) is 0 Å². The lowest BCUT2D eigenvalue weighted by atomic mass is 10.1. The molecule has 0 saturated heterocycles. The van der Waals surface area contributed by atoms with E-state index in [4.69, 9.17) is 5.73 Å². The van der Waals surface area contributed by atoms with Gasteiger partial charge < -0.3 is 5.73 Å². The minimum atomic E-state index is -4.34. The molecule has 0 amide bonds. The quantitative estimate of drug-likeness (QED) is 0.732. The molecule has 0 radical (unpaired) electrons. The van der Waals surface area contributed by atoms with Crippen LogP contribution in [0.2, 0.25) is 0 Å². The van der Waals surface area contributed by atoms with Crippen LogP contribution in [0.5, 0.6) is 0 Å². The lowest BCUT2D eigenvalue weighted by molar-refractivity contribution is -0.149. The summed E-state index contributed by atoms with van der Waals surface area (Å²) in [6.45, 7) is 1.75. The van der Waals surface area contributed by atoms with Crippen molar-refractivity contribution in [3.63, 3.8) is 0 Å². The second kappa shape index (κ2) is 3.06. The van der Waals surface area contributed by atoms with Crippen molar-refractivity contribution in [2.24, 2.45) is 5.73 Å². The molecule has 2 N–H and O–H groups in total.